The van der Waals surface area contributed by atoms with Gasteiger partial charge in [-0.05, 0) is 19.1 Å². The number of aliphatic imine (C=N–C) groups is 1. The number of nitrogens with one attached hydrogen (secondary N) is 2. The molecule has 1 aliphatic rings. The molecule has 1 fully saturated rings. The van der Waals surface area contributed by atoms with Crippen LogP contribution in [0.1, 0.15) is 12.6 Å². The van der Waals surface area contributed by atoms with Gasteiger partial charge < -0.3 is 20.1 Å². The zero-order chi connectivity index (χ0) is 21.4. The summed E-state index contributed by atoms with van der Waals surface area (Å²) in [4.78, 5) is 18.5. The fourth-order valence-corrected chi connectivity index (χ4v) is 4.49. The van der Waals surface area contributed by atoms with Gasteiger partial charge in [-0.2, -0.15) is 4.31 Å². The molecule has 1 aromatic heterocycles. The summed E-state index contributed by atoms with van der Waals surface area (Å²) in [5.41, 5.74) is 1.10. The van der Waals surface area contributed by atoms with Gasteiger partial charge in [0.1, 0.15) is 18.6 Å². The lowest BCUT2D eigenvalue weighted by Gasteiger charge is -2.35. The molecule has 2 N–H and O–H groups in total. The van der Waals surface area contributed by atoms with Crippen molar-refractivity contribution in [1.29, 1.82) is 0 Å². The predicted molar refractivity (Wildman–Crippen MR) is 129 cm³/mol. The summed E-state index contributed by atoms with van der Waals surface area (Å²) in [7, 11) is -3.47. The first-order valence-corrected chi connectivity index (χ1v) is 11.3. The second-order valence-electron chi connectivity index (χ2n) is 6.72. The van der Waals surface area contributed by atoms with E-state index < -0.39 is 10.0 Å². The molecule has 2 heterocycles. The fraction of sp³-hybridized carbons (Fsp3) is 0.421. The number of rotatable bonds is 7. The summed E-state index contributed by atoms with van der Waals surface area (Å²) >= 11 is 0. The lowest BCUT2D eigenvalue weighted by atomic mass is 10.3. The van der Waals surface area contributed by atoms with Crippen LogP contribution in [0.15, 0.2) is 52.2 Å². The Morgan fingerprint density at radius 2 is 1.87 bits per heavy atom. The zero-order valence-electron chi connectivity index (χ0n) is 17.2. The van der Waals surface area contributed by atoms with Crippen molar-refractivity contribution in [2.24, 2.45) is 4.99 Å². The van der Waals surface area contributed by atoms with Crippen LogP contribution in [-0.4, -0.2) is 73.9 Å². The van der Waals surface area contributed by atoms with Gasteiger partial charge in [0.2, 0.25) is 15.9 Å². The number of aromatic nitrogens is 1. The maximum Gasteiger partial charge on any atom is 0.246 e. The Morgan fingerprint density at radius 3 is 2.48 bits per heavy atom. The summed E-state index contributed by atoms with van der Waals surface area (Å²) in [6.07, 6.45) is 1.36. The van der Waals surface area contributed by atoms with Crippen LogP contribution in [0.5, 0.6) is 0 Å². The van der Waals surface area contributed by atoms with Crippen LogP contribution in [0.3, 0.4) is 0 Å². The Hall–Kier alpha value is -2.19. The van der Waals surface area contributed by atoms with E-state index >= 15 is 0 Å². The summed E-state index contributed by atoms with van der Waals surface area (Å²) < 4.78 is 31.3. The minimum atomic E-state index is -3.47. The standard InChI is InChI=1S/C19H26N6O4S.HI/c1-2-20-19(21-14-18(26)22-16-6-4-3-5-7-16)24-9-11-25(12-10-24)30(27,28)15-17-8-13-29-23-17;/h3-8,13H,2,9-12,14-15H2,1H3,(H,20,21)(H,22,26);1H. The molecule has 2 aromatic rings. The largest absolute Gasteiger partial charge is 0.364 e. The predicted octanol–water partition coefficient (Wildman–Crippen LogP) is 1.34. The number of amides is 1. The van der Waals surface area contributed by atoms with Gasteiger partial charge in [0.15, 0.2) is 5.96 Å². The summed E-state index contributed by atoms with van der Waals surface area (Å²) in [6, 6.07) is 10.7. The first-order chi connectivity index (χ1) is 14.5. The molecule has 0 saturated carbocycles. The van der Waals surface area contributed by atoms with E-state index in [1.807, 2.05) is 42.2 Å². The monoisotopic (exact) mass is 562 g/mol. The van der Waals surface area contributed by atoms with Crippen LogP contribution in [0.2, 0.25) is 0 Å². The molecule has 0 radical (unpaired) electrons. The Morgan fingerprint density at radius 1 is 1.16 bits per heavy atom. The third kappa shape index (κ3) is 7.47. The van der Waals surface area contributed by atoms with Gasteiger partial charge in [0.05, 0.1) is 5.69 Å². The maximum atomic E-state index is 12.6. The number of halogens is 1. The van der Waals surface area contributed by atoms with Gasteiger partial charge in [0.25, 0.3) is 0 Å². The van der Waals surface area contributed by atoms with E-state index in [-0.39, 0.29) is 42.2 Å². The van der Waals surface area contributed by atoms with Crippen molar-refractivity contribution in [2.45, 2.75) is 12.7 Å². The molecule has 0 atom stereocenters. The van der Waals surface area contributed by atoms with E-state index in [0.29, 0.717) is 50.1 Å². The first kappa shape index (κ1) is 25.1. The number of nitrogens with zero attached hydrogens (tertiary/aromatic N) is 4. The SMILES string of the molecule is CCNC(=NCC(=O)Nc1ccccc1)N1CCN(S(=O)(=O)Cc2ccon2)CC1.I. The Bertz CT molecular complexity index is 945. The average Bonchev–Trinajstić information content (AvgIpc) is 3.24. The smallest absolute Gasteiger partial charge is 0.246 e. The molecule has 31 heavy (non-hydrogen) atoms. The van der Waals surface area contributed by atoms with Gasteiger partial charge in [-0.1, -0.05) is 23.4 Å². The third-order valence-electron chi connectivity index (χ3n) is 4.52. The van der Waals surface area contributed by atoms with Crippen LogP contribution in [0.25, 0.3) is 0 Å². The van der Waals surface area contributed by atoms with E-state index in [4.69, 9.17) is 4.52 Å². The zero-order valence-corrected chi connectivity index (χ0v) is 20.4. The number of hydrogen-bond donors (Lipinski definition) is 2. The molecule has 170 valence electrons. The molecule has 1 aliphatic heterocycles. The molecular weight excluding hydrogens is 535 g/mol. The molecule has 1 amide bonds. The van der Waals surface area contributed by atoms with Crippen LogP contribution in [-0.2, 0) is 20.6 Å². The summed E-state index contributed by atoms with van der Waals surface area (Å²) in [5.74, 6) is 0.191. The lowest BCUT2D eigenvalue weighted by molar-refractivity contribution is -0.114. The molecule has 0 aliphatic carbocycles. The highest BCUT2D eigenvalue weighted by molar-refractivity contribution is 14.0. The van der Waals surface area contributed by atoms with Crippen molar-refractivity contribution in [3.8, 4) is 0 Å². The molecule has 1 aromatic carbocycles. The molecule has 0 bridgehead atoms. The number of sulfonamides is 1. The van der Waals surface area contributed by atoms with Crippen molar-refractivity contribution in [2.75, 3.05) is 44.6 Å². The molecule has 3 rings (SSSR count). The van der Waals surface area contributed by atoms with Crippen LogP contribution in [0, 0.1) is 0 Å². The van der Waals surface area contributed by atoms with Gasteiger partial charge in [-0.25, -0.2) is 13.4 Å². The van der Waals surface area contributed by atoms with Crippen molar-refractivity contribution >= 4 is 51.6 Å². The maximum absolute atomic E-state index is 12.6. The fourth-order valence-electron chi connectivity index (χ4n) is 3.06. The second-order valence-corrected chi connectivity index (χ2v) is 8.69. The highest BCUT2D eigenvalue weighted by atomic mass is 127. The van der Waals surface area contributed by atoms with E-state index in [0.717, 1.165) is 0 Å². The van der Waals surface area contributed by atoms with Crippen molar-refractivity contribution in [3.63, 3.8) is 0 Å². The summed E-state index contributed by atoms with van der Waals surface area (Å²) in [5, 5.41) is 9.64. The van der Waals surface area contributed by atoms with Crippen LogP contribution >= 0.6 is 24.0 Å². The molecule has 0 spiro atoms. The Labute approximate surface area is 199 Å². The molecular formula is C19H27IN6O4S. The van der Waals surface area contributed by atoms with Crippen molar-refractivity contribution < 1.29 is 17.7 Å². The number of para-hydroxylation sites is 1. The topological polar surface area (TPSA) is 120 Å². The number of carbonyl (C=O) groups excluding carboxylic acids is 1. The number of piperazine rings is 1. The number of guanidine groups is 1. The highest BCUT2D eigenvalue weighted by Crippen LogP contribution is 2.13. The number of hydrogen-bond acceptors (Lipinski definition) is 6. The van der Waals surface area contributed by atoms with Crippen LogP contribution in [0.4, 0.5) is 5.69 Å². The minimum Gasteiger partial charge on any atom is -0.364 e. The van der Waals surface area contributed by atoms with Crippen molar-refractivity contribution in [1.82, 2.24) is 19.7 Å². The molecule has 0 unspecified atom stereocenters. The van der Waals surface area contributed by atoms with Gasteiger partial charge >= 0.3 is 0 Å². The number of benzene rings is 1. The van der Waals surface area contributed by atoms with E-state index in [9.17, 15) is 13.2 Å². The first-order valence-electron chi connectivity index (χ1n) is 9.73. The van der Waals surface area contributed by atoms with Crippen LogP contribution < -0.4 is 10.6 Å². The third-order valence-corrected chi connectivity index (χ3v) is 6.33. The van der Waals surface area contributed by atoms with Gasteiger partial charge in [-0.15, -0.1) is 24.0 Å². The Balaban J connectivity index is 0.00000341. The Kier molecular flexibility index (Phi) is 9.71. The van der Waals surface area contributed by atoms with Gasteiger partial charge in [0, 0.05) is 44.5 Å². The molecule has 12 heteroatoms. The van der Waals surface area contributed by atoms with Crippen molar-refractivity contribution in [3.05, 3.63) is 48.4 Å². The molecule has 10 nitrogen and oxygen atoms in total. The van der Waals surface area contributed by atoms with E-state index in [1.165, 1.54) is 10.6 Å². The number of carbonyl (C=O) groups is 1. The summed E-state index contributed by atoms with van der Waals surface area (Å²) in [6.45, 7) is 4.18. The van der Waals surface area contributed by atoms with E-state index in [2.05, 4.69) is 20.8 Å². The van der Waals surface area contributed by atoms with Gasteiger partial charge in [-0.3, -0.25) is 4.79 Å². The number of anilines is 1. The highest BCUT2D eigenvalue weighted by Gasteiger charge is 2.29. The second kappa shape index (κ2) is 12.0. The average molecular weight is 562 g/mol. The van der Waals surface area contributed by atoms with E-state index in [1.54, 1.807) is 6.07 Å². The normalized spacial score (nSPS) is 15.3. The molecule has 1 saturated heterocycles. The quantitative estimate of drug-likeness (QED) is 0.297. The lowest BCUT2D eigenvalue weighted by Crippen LogP contribution is -2.54. The minimum absolute atomic E-state index is 0.